The smallest absolute Gasteiger partial charge is 0.345 e. The van der Waals surface area contributed by atoms with Gasteiger partial charge in [-0.05, 0) is 12.5 Å². The molecule has 0 unspecified atom stereocenters. The topological polar surface area (TPSA) is 80.2 Å². The van der Waals surface area contributed by atoms with Gasteiger partial charge in [0.1, 0.15) is 12.2 Å². The van der Waals surface area contributed by atoms with E-state index in [0.29, 0.717) is 6.61 Å². The standard InChI is InChI=1S/C16H22N2O4/c1-3-21-16(20)14(11-18-9-10-19)15(17-2)22-12-13-7-5-4-6-8-13/h4-8,11,17,19H,3,9-10,12H2,1-2H3/b15-14-,18-11?. The van der Waals surface area contributed by atoms with Gasteiger partial charge in [0.2, 0.25) is 5.88 Å². The van der Waals surface area contributed by atoms with Crippen LogP contribution in [0, 0.1) is 0 Å². The van der Waals surface area contributed by atoms with Crippen molar-refractivity contribution in [3.8, 4) is 0 Å². The number of nitrogens with one attached hydrogen (secondary N) is 1. The summed E-state index contributed by atoms with van der Waals surface area (Å²) in [7, 11) is 1.65. The molecule has 0 heterocycles. The maximum absolute atomic E-state index is 12.0. The molecule has 0 saturated carbocycles. The zero-order valence-electron chi connectivity index (χ0n) is 12.9. The van der Waals surface area contributed by atoms with Gasteiger partial charge in [0, 0.05) is 13.3 Å². The predicted octanol–water partition coefficient (Wildman–Crippen LogP) is 1.26. The van der Waals surface area contributed by atoms with E-state index in [4.69, 9.17) is 14.6 Å². The third-order valence-electron chi connectivity index (χ3n) is 2.64. The summed E-state index contributed by atoms with van der Waals surface area (Å²) in [6.45, 7) is 2.41. The van der Waals surface area contributed by atoms with Crippen LogP contribution in [-0.4, -0.2) is 44.1 Å². The SMILES string of the molecule is CCOC(=O)/C(C=NCCO)=C(/NC)OCc1ccccc1. The number of benzene rings is 1. The quantitative estimate of drug-likeness (QED) is 0.311. The number of aliphatic hydroxyl groups is 1. The van der Waals surface area contributed by atoms with Crippen LogP contribution in [0.4, 0.5) is 0 Å². The Morgan fingerprint density at radius 1 is 1.32 bits per heavy atom. The molecule has 0 radical (unpaired) electrons. The van der Waals surface area contributed by atoms with E-state index in [-0.39, 0.29) is 31.2 Å². The molecular weight excluding hydrogens is 284 g/mol. The second kappa shape index (κ2) is 10.4. The highest BCUT2D eigenvalue weighted by molar-refractivity contribution is 6.09. The van der Waals surface area contributed by atoms with Crippen LogP contribution < -0.4 is 5.32 Å². The van der Waals surface area contributed by atoms with Crippen LogP contribution in [-0.2, 0) is 20.9 Å². The lowest BCUT2D eigenvalue weighted by molar-refractivity contribution is -0.138. The monoisotopic (exact) mass is 306 g/mol. The summed E-state index contributed by atoms with van der Waals surface area (Å²) in [4.78, 5) is 16.0. The van der Waals surface area contributed by atoms with Crippen LogP contribution in [0.1, 0.15) is 12.5 Å². The zero-order valence-corrected chi connectivity index (χ0v) is 12.9. The number of carbonyl (C=O) groups is 1. The summed E-state index contributed by atoms with van der Waals surface area (Å²) in [6.07, 6.45) is 1.35. The Labute approximate surface area is 130 Å². The molecule has 1 aromatic rings. The first kappa shape index (κ1) is 17.7. The maximum Gasteiger partial charge on any atom is 0.345 e. The summed E-state index contributed by atoms with van der Waals surface area (Å²) in [5.41, 5.74) is 1.17. The summed E-state index contributed by atoms with van der Waals surface area (Å²) in [5, 5.41) is 11.6. The van der Waals surface area contributed by atoms with Crippen molar-refractivity contribution in [3.63, 3.8) is 0 Å². The highest BCUT2D eigenvalue weighted by Crippen LogP contribution is 2.09. The first-order chi connectivity index (χ1) is 10.7. The first-order valence-electron chi connectivity index (χ1n) is 7.09. The molecule has 0 aliphatic rings. The minimum atomic E-state index is -0.526. The van der Waals surface area contributed by atoms with Gasteiger partial charge in [0.15, 0.2) is 0 Å². The first-order valence-corrected chi connectivity index (χ1v) is 7.09. The Bertz CT molecular complexity index is 512. The number of aliphatic imine (C=N–C) groups is 1. The van der Waals surface area contributed by atoms with Crippen LogP contribution in [0.25, 0.3) is 0 Å². The lowest BCUT2D eigenvalue weighted by Crippen LogP contribution is -2.20. The summed E-state index contributed by atoms with van der Waals surface area (Å²) < 4.78 is 10.7. The molecule has 6 heteroatoms. The lowest BCUT2D eigenvalue weighted by atomic mass is 10.2. The second-order valence-corrected chi connectivity index (χ2v) is 4.25. The lowest BCUT2D eigenvalue weighted by Gasteiger charge is -2.13. The molecule has 0 aliphatic heterocycles. The Balaban J connectivity index is 2.90. The molecule has 0 spiro atoms. The number of hydrogen-bond acceptors (Lipinski definition) is 6. The fourth-order valence-electron chi connectivity index (χ4n) is 1.64. The highest BCUT2D eigenvalue weighted by atomic mass is 16.5. The van der Waals surface area contributed by atoms with E-state index in [9.17, 15) is 4.79 Å². The number of nitrogens with zero attached hydrogens (tertiary/aromatic N) is 1. The van der Waals surface area contributed by atoms with Gasteiger partial charge in [-0.1, -0.05) is 30.3 Å². The van der Waals surface area contributed by atoms with E-state index in [2.05, 4.69) is 10.3 Å². The molecule has 6 nitrogen and oxygen atoms in total. The minimum absolute atomic E-state index is 0.0909. The Kier molecular flexibility index (Phi) is 8.37. The average molecular weight is 306 g/mol. The Hall–Kier alpha value is -2.34. The van der Waals surface area contributed by atoms with Gasteiger partial charge in [-0.2, -0.15) is 0 Å². The molecule has 2 N–H and O–H groups in total. The molecule has 0 saturated heterocycles. The van der Waals surface area contributed by atoms with E-state index in [0.717, 1.165) is 5.56 Å². The van der Waals surface area contributed by atoms with Crippen LogP contribution in [0.5, 0.6) is 0 Å². The number of aliphatic hydroxyl groups excluding tert-OH is 1. The molecule has 22 heavy (non-hydrogen) atoms. The largest absolute Gasteiger partial charge is 0.474 e. The minimum Gasteiger partial charge on any atom is -0.474 e. The number of ether oxygens (including phenoxy) is 2. The molecule has 0 aromatic heterocycles. The van der Waals surface area contributed by atoms with Gasteiger partial charge >= 0.3 is 5.97 Å². The third-order valence-corrected chi connectivity index (χ3v) is 2.64. The van der Waals surface area contributed by atoms with E-state index < -0.39 is 5.97 Å². The molecule has 0 fully saturated rings. The van der Waals surface area contributed by atoms with Crippen LogP contribution in [0.15, 0.2) is 46.8 Å². The molecular formula is C16H22N2O4. The van der Waals surface area contributed by atoms with Crippen molar-refractivity contribution in [2.45, 2.75) is 13.5 Å². The fourth-order valence-corrected chi connectivity index (χ4v) is 1.64. The molecule has 1 rings (SSSR count). The number of hydrogen-bond donors (Lipinski definition) is 2. The fraction of sp³-hybridized carbons (Fsp3) is 0.375. The van der Waals surface area contributed by atoms with Crippen molar-refractivity contribution in [3.05, 3.63) is 47.4 Å². The summed E-state index contributed by atoms with van der Waals surface area (Å²) >= 11 is 0. The third kappa shape index (κ3) is 5.97. The van der Waals surface area contributed by atoms with Crippen molar-refractivity contribution in [1.29, 1.82) is 0 Å². The van der Waals surface area contributed by atoms with Crippen molar-refractivity contribution in [1.82, 2.24) is 5.32 Å². The van der Waals surface area contributed by atoms with Crippen molar-refractivity contribution >= 4 is 12.2 Å². The van der Waals surface area contributed by atoms with E-state index >= 15 is 0 Å². The van der Waals surface area contributed by atoms with Gasteiger partial charge < -0.3 is 19.9 Å². The van der Waals surface area contributed by atoms with Crippen molar-refractivity contribution < 1.29 is 19.4 Å². The van der Waals surface area contributed by atoms with Gasteiger partial charge in [0.25, 0.3) is 0 Å². The average Bonchev–Trinajstić information content (AvgIpc) is 2.55. The van der Waals surface area contributed by atoms with E-state index in [1.54, 1.807) is 14.0 Å². The van der Waals surface area contributed by atoms with Gasteiger partial charge in [-0.3, -0.25) is 4.99 Å². The van der Waals surface area contributed by atoms with Crippen LogP contribution in [0.3, 0.4) is 0 Å². The Morgan fingerprint density at radius 2 is 2.05 bits per heavy atom. The highest BCUT2D eigenvalue weighted by Gasteiger charge is 2.16. The van der Waals surface area contributed by atoms with Gasteiger partial charge in [-0.15, -0.1) is 0 Å². The summed E-state index contributed by atoms with van der Waals surface area (Å²) in [5.74, 6) is -0.245. The maximum atomic E-state index is 12.0. The van der Waals surface area contributed by atoms with E-state index in [1.807, 2.05) is 30.3 Å². The number of esters is 1. The molecule has 0 atom stereocenters. The molecule has 0 amide bonds. The number of carbonyl (C=O) groups excluding carboxylic acids is 1. The molecule has 0 aliphatic carbocycles. The zero-order chi connectivity index (χ0) is 16.2. The normalized spacial score (nSPS) is 12.0. The van der Waals surface area contributed by atoms with Gasteiger partial charge in [0.05, 0.1) is 19.8 Å². The van der Waals surface area contributed by atoms with Crippen molar-refractivity contribution in [2.75, 3.05) is 26.8 Å². The van der Waals surface area contributed by atoms with Crippen molar-refractivity contribution in [2.24, 2.45) is 4.99 Å². The number of rotatable bonds is 9. The predicted molar refractivity (Wildman–Crippen MR) is 84.4 cm³/mol. The second-order valence-electron chi connectivity index (χ2n) is 4.25. The van der Waals surface area contributed by atoms with E-state index in [1.165, 1.54) is 6.21 Å². The Morgan fingerprint density at radius 3 is 2.64 bits per heavy atom. The van der Waals surface area contributed by atoms with Crippen LogP contribution in [0.2, 0.25) is 0 Å². The molecule has 120 valence electrons. The summed E-state index contributed by atoms with van der Waals surface area (Å²) in [6, 6.07) is 9.60. The molecule has 1 aromatic carbocycles. The van der Waals surface area contributed by atoms with Gasteiger partial charge in [-0.25, -0.2) is 4.79 Å². The molecule has 0 bridgehead atoms. The van der Waals surface area contributed by atoms with Crippen LogP contribution >= 0.6 is 0 Å².